The molecule has 8 nitrogen and oxygen atoms in total. The largest absolute Gasteiger partial charge is 0.495 e. The van der Waals surface area contributed by atoms with Gasteiger partial charge in [0.2, 0.25) is 0 Å². The zero-order chi connectivity index (χ0) is 22.1. The maximum atomic E-state index is 12.8. The fourth-order valence-corrected chi connectivity index (χ4v) is 3.38. The number of halogens is 1. The number of amides is 1. The smallest absolute Gasteiger partial charge is 0.337 e. The van der Waals surface area contributed by atoms with Crippen LogP contribution in [0.2, 0.25) is 5.02 Å². The Hall–Kier alpha value is -3.91. The first-order valence-corrected chi connectivity index (χ1v) is 9.60. The van der Waals surface area contributed by atoms with Gasteiger partial charge < -0.3 is 10.1 Å². The van der Waals surface area contributed by atoms with Gasteiger partial charge in [0, 0.05) is 18.3 Å². The molecule has 9 heteroatoms. The molecular weight excluding hydrogens is 420 g/mol. The van der Waals surface area contributed by atoms with E-state index in [1.54, 1.807) is 42.5 Å². The second-order valence-electron chi connectivity index (χ2n) is 6.71. The highest BCUT2D eigenvalue weighted by Gasteiger charge is 2.17. The number of nitrogens with one attached hydrogen (secondary N) is 1. The summed E-state index contributed by atoms with van der Waals surface area (Å²) in [6, 6.07) is 15.1. The minimum atomic E-state index is -0.547. The highest BCUT2D eigenvalue weighted by molar-refractivity contribution is 6.31. The molecule has 2 aromatic heterocycles. The molecule has 0 saturated carbocycles. The van der Waals surface area contributed by atoms with Crippen LogP contribution in [0.3, 0.4) is 0 Å². The number of fused-ring (bicyclic) bond motifs is 1. The normalized spacial score (nSPS) is 10.8. The molecule has 0 fully saturated rings. The molecule has 0 unspecified atom stereocenters. The van der Waals surface area contributed by atoms with E-state index in [0.717, 1.165) is 4.57 Å². The van der Waals surface area contributed by atoms with Crippen molar-refractivity contribution in [3.8, 4) is 11.4 Å². The van der Waals surface area contributed by atoms with Crippen LogP contribution in [0, 0.1) is 0 Å². The Morgan fingerprint density at radius 2 is 1.84 bits per heavy atom. The lowest BCUT2D eigenvalue weighted by Gasteiger charge is -2.13. The Morgan fingerprint density at radius 1 is 1.10 bits per heavy atom. The molecule has 0 atom stereocenters. The zero-order valence-corrected chi connectivity index (χ0v) is 17.4. The molecule has 31 heavy (non-hydrogen) atoms. The van der Waals surface area contributed by atoms with Crippen molar-refractivity contribution in [3.05, 3.63) is 92.2 Å². The van der Waals surface area contributed by atoms with Crippen molar-refractivity contribution in [2.75, 3.05) is 12.4 Å². The number of ether oxygens (including phenoxy) is 1. The van der Waals surface area contributed by atoms with Gasteiger partial charge in [-0.2, -0.15) is 0 Å². The number of hydrogen-bond donors (Lipinski definition) is 1. The van der Waals surface area contributed by atoms with Gasteiger partial charge >= 0.3 is 5.69 Å². The molecule has 0 saturated heterocycles. The van der Waals surface area contributed by atoms with Gasteiger partial charge in [-0.25, -0.2) is 14.3 Å². The summed E-state index contributed by atoms with van der Waals surface area (Å²) in [4.78, 5) is 42.6. The summed E-state index contributed by atoms with van der Waals surface area (Å²) in [5.41, 5.74) is 0.163. The summed E-state index contributed by atoms with van der Waals surface area (Å²) in [5.74, 6) is -0.0743. The molecule has 0 radical (unpaired) electrons. The molecule has 156 valence electrons. The monoisotopic (exact) mass is 436 g/mol. The van der Waals surface area contributed by atoms with Gasteiger partial charge in [-0.1, -0.05) is 29.8 Å². The summed E-state index contributed by atoms with van der Waals surface area (Å²) in [6.07, 6.45) is 1.31. The topological polar surface area (TPSA) is 95.2 Å². The van der Waals surface area contributed by atoms with Crippen molar-refractivity contribution in [1.82, 2.24) is 14.1 Å². The number of benzene rings is 2. The van der Waals surface area contributed by atoms with Crippen molar-refractivity contribution in [2.24, 2.45) is 7.05 Å². The van der Waals surface area contributed by atoms with E-state index in [2.05, 4.69) is 10.3 Å². The number of methoxy groups -OCH3 is 1. The Morgan fingerprint density at radius 3 is 2.55 bits per heavy atom. The van der Waals surface area contributed by atoms with Gasteiger partial charge in [-0.3, -0.25) is 14.2 Å². The molecule has 1 amide bonds. The van der Waals surface area contributed by atoms with Crippen molar-refractivity contribution in [2.45, 2.75) is 0 Å². The molecule has 2 aromatic carbocycles. The Labute approximate surface area is 181 Å². The Kier molecular flexibility index (Phi) is 5.31. The van der Waals surface area contributed by atoms with Gasteiger partial charge in [0.1, 0.15) is 5.75 Å². The number of aromatic nitrogens is 3. The number of hydrogen-bond acceptors (Lipinski definition) is 5. The Balaban J connectivity index is 1.84. The van der Waals surface area contributed by atoms with Gasteiger partial charge in [0.25, 0.3) is 11.5 Å². The van der Waals surface area contributed by atoms with E-state index in [-0.39, 0.29) is 16.6 Å². The molecule has 0 aliphatic rings. The summed E-state index contributed by atoms with van der Waals surface area (Å²) in [5, 5.41) is 3.27. The van der Waals surface area contributed by atoms with E-state index >= 15 is 0 Å². The van der Waals surface area contributed by atoms with E-state index in [1.165, 1.54) is 31.0 Å². The summed E-state index contributed by atoms with van der Waals surface area (Å²) in [6.45, 7) is 0. The second kappa shape index (κ2) is 8.08. The van der Waals surface area contributed by atoms with Crippen LogP contribution in [-0.2, 0) is 7.05 Å². The summed E-state index contributed by atoms with van der Waals surface area (Å²) >= 11 is 6.01. The highest BCUT2D eigenvalue weighted by atomic mass is 35.5. The number of para-hydroxylation sites is 1. The molecular formula is C22H17ClN4O4. The third-order valence-electron chi connectivity index (χ3n) is 4.78. The number of pyridine rings is 1. The average molecular weight is 437 g/mol. The van der Waals surface area contributed by atoms with Crippen LogP contribution in [0.5, 0.6) is 5.75 Å². The molecule has 2 heterocycles. The fraction of sp³-hybridized carbons (Fsp3) is 0.0909. The van der Waals surface area contributed by atoms with Gasteiger partial charge in [0.05, 0.1) is 29.4 Å². The van der Waals surface area contributed by atoms with Crippen LogP contribution >= 0.6 is 11.6 Å². The van der Waals surface area contributed by atoms with Gasteiger partial charge in [-0.05, 0) is 36.4 Å². The predicted octanol–water partition coefficient (Wildman–Crippen LogP) is 3.00. The minimum absolute atomic E-state index is 0.136. The second-order valence-corrected chi connectivity index (χ2v) is 7.15. The van der Waals surface area contributed by atoms with E-state index in [1.807, 2.05) is 6.07 Å². The number of carbonyl (C=O) groups is 1. The minimum Gasteiger partial charge on any atom is -0.495 e. The van der Waals surface area contributed by atoms with E-state index < -0.39 is 17.2 Å². The van der Waals surface area contributed by atoms with Gasteiger partial charge in [0.15, 0.2) is 5.65 Å². The van der Waals surface area contributed by atoms with Crippen LogP contribution in [0.1, 0.15) is 10.4 Å². The first kappa shape index (κ1) is 20.4. The lowest BCUT2D eigenvalue weighted by molar-refractivity contribution is 0.102. The third-order valence-corrected chi connectivity index (χ3v) is 5.01. The molecule has 4 rings (SSSR count). The maximum Gasteiger partial charge on any atom is 0.337 e. The molecule has 0 aliphatic carbocycles. The molecule has 0 spiro atoms. The van der Waals surface area contributed by atoms with Crippen molar-refractivity contribution in [1.29, 1.82) is 0 Å². The first-order chi connectivity index (χ1) is 14.9. The van der Waals surface area contributed by atoms with Crippen LogP contribution in [-0.4, -0.2) is 27.1 Å². The molecule has 4 aromatic rings. The number of nitrogens with zero attached hydrogens (tertiary/aromatic N) is 3. The van der Waals surface area contributed by atoms with E-state index in [0.29, 0.717) is 22.1 Å². The average Bonchev–Trinajstić information content (AvgIpc) is 2.78. The first-order valence-electron chi connectivity index (χ1n) is 9.23. The predicted molar refractivity (Wildman–Crippen MR) is 119 cm³/mol. The molecule has 0 bridgehead atoms. The number of carbonyl (C=O) groups excluding carboxylic acids is 1. The lowest BCUT2D eigenvalue weighted by atomic mass is 10.2. The van der Waals surface area contributed by atoms with Crippen LogP contribution in [0.25, 0.3) is 16.7 Å². The van der Waals surface area contributed by atoms with Crippen LogP contribution in [0.15, 0.2) is 70.4 Å². The van der Waals surface area contributed by atoms with Crippen LogP contribution in [0.4, 0.5) is 5.69 Å². The highest BCUT2D eigenvalue weighted by Crippen LogP contribution is 2.28. The van der Waals surface area contributed by atoms with E-state index in [9.17, 15) is 14.4 Å². The third kappa shape index (κ3) is 3.69. The quantitative estimate of drug-likeness (QED) is 0.530. The number of anilines is 1. The summed E-state index contributed by atoms with van der Waals surface area (Å²) in [7, 11) is 2.86. The van der Waals surface area contributed by atoms with Crippen molar-refractivity contribution in [3.63, 3.8) is 0 Å². The van der Waals surface area contributed by atoms with Crippen LogP contribution < -0.4 is 21.3 Å². The Bertz CT molecular complexity index is 1430. The summed E-state index contributed by atoms with van der Waals surface area (Å²) < 4.78 is 7.56. The van der Waals surface area contributed by atoms with E-state index in [4.69, 9.17) is 16.3 Å². The van der Waals surface area contributed by atoms with Crippen molar-refractivity contribution < 1.29 is 9.53 Å². The zero-order valence-electron chi connectivity index (χ0n) is 16.6. The lowest BCUT2D eigenvalue weighted by Crippen LogP contribution is -2.38. The SMILES string of the molecule is COc1ccc(Cl)cc1NC(=O)c1cnc2c(c1)c(=O)n(C)c(=O)n2-c1ccccc1. The molecule has 0 aliphatic heterocycles. The fourth-order valence-electron chi connectivity index (χ4n) is 3.21. The molecule has 1 N–H and O–H groups in total. The number of rotatable bonds is 4. The maximum absolute atomic E-state index is 12.8. The standard InChI is InChI=1S/C22H17ClN4O4/c1-26-21(29)16-10-13(20(28)25-17-11-14(23)8-9-18(17)31-2)12-24-19(16)27(22(26)30)15-6-4-3-5-7-15/h3-12H,1-2H3,(H,25,28). The van der Waals surface area contributed by atoms with Crippen molar-refractivity contribution >= 4 is 34.2 Å². The van der Waals surface area contributed by atoms with Gasteiger partial charge in [-0.15, -0.1) is 0 Å².